The van der Waals surface area contributed by atoms with E-state index in [-0.39, 0.29) is 11.1 Å². The third kappa shape index (κ3) is 2.77. The van der Waals surface area contributed by atoms with Gasteiger partial charge < -0.3 is 9.72 Å². The van der Waals surface area contributed by atoms with Crippen LogP contribution in [0.25, 0.3) is 21.7 Å². The van der Waals surface area contributed by atoms with Crippen molar-refractivity contribution in [1.82, 2.24) is 4.98 Å². The molecule has 5 heteroatoms. The smallest absolute Gasteiger partial charge is 0.344 e. The lowest BCUT2D eigenvalue weighted by atomic mass is 10.1. The number of aromatic nitrogens is 1. The predicted molar refractivity (Wildman–Crippen MR) is 98.5 cm³/mol. The van der Waals surface area contributed by atoms with Crippen molar-refractivity contribution in [1.29, 1.82) is 0 Å². The minimum atomic E-state index is -0.588. The maximum atomic E-state index is 12.7. The summed E-state index contributed by atoms with van der Waals surface area (Å²) in [6.07, 6.45) is 0. The molecule has 1 N–H and O–H groups in total. The number of esters is 1. The highest BCUT2D eigenvalue weighted by atomic mass is 35.5. The number of aromatic amines is 1. The number of ether oxygens (including phenoxy) is 1. The van der Waals surface area contributed by atoms with Crippen LogP contribution in [-0.4, -0.2) is 11.0 Å². The van der Waals surface area contributed by atoms with Crippen molar-refractivity contribution in [3.05, 3.63) is 87.7 Å². The van der Waals surface area contributed by atoms with E-state index < -0.39 is 5.97 Å². The van der Waals surface area contributed by atoms with Crippen LogP contribution in [0.3, 0.4) is 0 Å². The van der Waals surface area contributed by atoms with Crippen LogP contribution in [0.5, 0.6) is 5.75 Å². The first-order valence-corrected chi connectivity index (χ1v) is 8.03. The number of pyridine rings is 1. The van der Waals surface area contributed by atoms with E-state index in [2.05, 4.69) is 4.98 Å². The molecule has 4 rings (SSSR count). The minimum Gasteiger partial charge on any atom is -0.422 e. The molecule has 0 atom stereocenters. The van der Waals surface area contributed by atoms with Gasteiger partial charge in [0, 0.05) is 32.8 Å². The van der Waals surface area contributed by atoms with Crippen LogP contribution >= 0.6 is 11.6 Å². The summed E-state index contributed by atoms with van der Waals surface area (Å²) in [6.45, 7) is 0. The number of halogens is 1. The van der Waals surface area contributed by atoms with Crippen molar-refractivity contribution in [2.45, 2.75) is 0 Å². The summed E-state index contributed by atoms with van der Waals surface area (Å²) in [5.41, 5.74) is 0.452. The van der Waals surface area contributed by atoms with Gasteiger partial charge in [-0.3, -0.25) is 4.79 Å². The van der Waals surface area contributed by atoms with Gasteiger partial charge in [0.25, 0.3) is 0 Å². The van der Waals surface area contributed by atoms with E-state index in [4.69, 9.17) is 16.3 Å². The van der Waals surface area contributed by atoms with Crippen LogP contribution in [0.1, 0.15) is 10.4 Å². The van der Waals surface area contributed by atoms with Crippen molar-refractivity contribution in [3.8, 4) is 5.75 Å². The highest BCUT2D eigenvalue weighted by Gasteiger charge is 2.16. The summed E-state index contributed by atoms with van der Waals surface area (Å²) >= 11 is 6.20. The molecule has 0 amide bonds. The zero-order chi connectivity index (χ0) is 17.4. The summed E-state index contributed by atoms with van der Waals surface area (Å²) < 4.78 is 5.58. The average molecular weight is 350 g/mol. The van der Waals surface area contributed by atoms with Gasteiger partial charge in [0.15, 0.2) is 0 Å². The number of nitrogens with one attached hydrogen (secondary N) is 1. The summed E-state index contributed by atoms with van der Waals surface area (Å²) in [6, 6.07) is 19.1. The van der Waals surface area contributed by atoms with E-state index in [1.165, 1.54) is 6.07 Å². The fourth-order valence-corrected chi connectivity index (χ4v) is 3.08. The largest absolute Gasteiger partial charge is 0.422 e. The first-order chi connectivity index (χ1) is 12.1. The molecule has 4 nitrogen and oxygen atoms in total. The van der Waals surface area contributed by atoms with Crippen LogP contribution in [0.15, 0.2) is 71.5 Å². The SMILES string of the molecule is O=C(Oc1ccc(Cl)c2ccccc12)c1cc(=O)[nH]c2ccccc12. The van der Waals surface area contributed by atoms with Crippen molar-refractivity contribution < 1.29 is 9.53 Å². The Morgan fingerprint density at radius 3 is 2.36 bits per heavy atom. The number of carbonyl (C=O) groups excluding carboxylic acids is 1. The zero-order valence-electron chi connectivity index (χ0n) is 13.0. The van der Waals surface area contributed by atoms with Crippen molar-refractivity contribution in [3.63, 3.8) is 0 Å². The zero-order valence-corrected chi connectivity index (χ0v) is 13.7. The van der Waals surface area contributed by atoms with Gasteiger partial charge in [-0.2, -0.15) is 0 Å². The Morgan fingerprint density at radius 2 is 1.56 bits per heavy atom. The number of hydrogen-bond acceptors (Lipinski definition) is 3. The number of benzene rings is 3. The standard InChI is InChI=1S/C20H12ClNO3/c21-16-9-10-18(14-7-2-1-5-12(14)16)25-20(24)15-11-19(23)22-17-8-4-3-6-13(15)17/h1-11H,(H,22,23). The number of rotatable bonds is 2. The summed E-state index contributed by atoms with van der Waals surface area (Å²) in [5, 5.41) is 2.74. The monoisotopic (exact) mass is 349 g/mol. The lowest BCUT2D eigenvalue weighted by Gasteiger charge is -2.10. The molecule has 0 aliphatic carbocycles. The predicted octanol–water partition coefficient (Wildman–Crippen LogP) is 4.55. The Balaban J connectivity index is 1.82. The van der Waals surface area contributed by atoms with Crippen molar-refractivity contribution in [2.24, 2.45) is 0 Å². The number of hydrogen-bond donors (Lipinski definition) is 1. The van der Waals surface area contributed by atoms with E-state index in [0.29, 0.717) is 21.7 Å². The lowest BCUT2D eigenvalue weighted by molar-refractivity contribution is 0.0739. The second-order valence-corrected chi connectivity index (χ2v) is 5.98. The Morgan fingerprint density at radius 1 is 0.880 bits per heavy atom. The Bertz CT molecular complexity index is 1180. The molecular weight excluding hydrogens is 338 g/mol. The molecule has 0 unspecified atom stereocenters. The average Bonchev–Trinajstić information content (AvgIpc) is 2.63. The lowest BCUT2D eigenvalue weighted by Crippen LogP contribution is -2.15. The molecule has 0 fully saturated rings. The molecular formula is C20H12ClNO3. The number of carbonyl (C=O) groups is 1. The van der Waals surface area contributed by atoms with Crippen LogP contribution in [-0.2, 0) is 0 Å². The Labute approximate surface area is 147 Å². The molecule has 0 aliphatic heterocycles. The maximum absolute atomic E-state index is 12.7. The summed E-state index contributed by atoms with van der Waals surface area (Å²) in [4.78, 5) is 27.2. The Kier molecular flexibility index (Phi) is 3.75. The molecule has 4 aromatic rings. The van der Waals surface area contributed by atoms with E-state index in [1.807, 2.05) is 24.3 Å². The molecule has 0 saturated heterocycles. The normalized spacial score (nSPS) is 10.9. The van der Waals surface area contributed by atoms with E-state index >= 15 is 0 Å². The molecule has 0 radical (unpaired) electrons. The molecule has 25 heavy (non-hydrogen) atoms. The van der Waals surface area contributed by atoms with Gasteiger partial charge in [0.1, 0.15) is 5.75 Å². The van der Waals surface area contributed by atoms with Gasteiger partial charge in [-0.15, -0.1) is 0 Å². The second kappa shape index (κ2) is 6.07. The van der Waals surface area contributed by atoms with Gasteiger partial charge >= 0.3 is 5.97 Å². The van der Waals surface area contributed by atoms with Crippen LogP contribution in [0, 0.1) is 0 Å². The number of fused-ring (bicyclic) bond motifs is 2. The van der Waals surface area contributed by atoms with Gasteiger partial charge in [-0.25, -0.2) is 4.79 Å². The quantitative estimate of drug-likeness (QED) is 0.426. The van der Waals surface area contributed by atoms with Crippen molar-refractivity contribution >= 4 is 39.2 Å². The first-order valence-electron chi connectivity index (χ1n) is 7.65. The van der Waals surface area contributed by atoms with Crippen LogP contribution in [0.2, 0.25) is 5.02 Å². The molecule has 122 valence electrons. The molecule has 3 aromatic carbocycles. The molecule has 0 bridgehead atoms. The second-order valence-electron chi connectivity index (χ2n) is 5.57. The highest BCUT2D eigenvalue weighted by Crippen LogP contribution is 2.32. The summed E-state index contributed by atoms with van der Waals surface area (Å²) in [7, 11) is 0. The molecule has 0 spiro atoms. The van der Waals surface area contributed by atoms with Crippen LogP contribution in [0.4, 0.5) is 0 Å². The topological polar surface area (TPSA) is 59.2 Å². The third-order valence-electron chi connectivity index (χ3n) is 4.00. The summed E-state index contributed by atoms with van der Waals surface area (Å²) in [5.74, 6) is -0.191. The van der Waals surface area contributed by atoms with E-state index in [1.54, 1.807) is 36.4 Å². The minimum absolute atomic E-state index is 0.221. The number of para-hydroxylation sites is 1. The molecule has 1 heterocycles. The first kappa shape index (κ1) is 15.4. The van der Waals surface area contributed by atoms with Gasteiger partial charge in [0.2, 0.25) is 5.56 Å². The molecule has 1 aromatic heterocycles. The van der Waals surface area contributed by atoms with Gasteiger partial charge in [-0.1, -0.05) is 54.1 Å². The molecule has 0 aliphatic rings. The fourth-order valence-electron chi connectivity index (χ4n) is 2.85. The number of H-pyrrole nitrogens is 1. The van der Waals surface area contributed by atoms with Gasteiger partial charge in [-0.05, 0) is 18.2 Å². The van der Waals surface area contributed by atoms with Crippen molar-refractivity contribution in [2.75, 3.05) is 0 Å². The fraction of sp³-hybridized carbons (Fsp3) is 0. The molecule has 0 saturated carbocycles. The van der Waals surface area contributed by atoms with Gasteiger partial charge in [0.05, 0.1) is 5.56 Å². The Hall–Kier alpha value is -3.11. The van der Waals surface area contributed by atoms with E-state index in [0.717, 1.165) is 10.8 Å². The third-order valence-corrected chi connectivity index (χ3v) is 4.33. The highest BCUT2D eigenvalue weighted by molar-refractivity contribution is 6.35. The maximum Gasteiger partial charge on any atom is 0.344 e. The van der Waals surface area contributed by atoms with E-state index in [9.17, 15) is 9.59 Å². The van der Waals surface area contributed by atoms with Crippen LogP contribution < -0.4 is 10.3 Å².